The van der Waals surface area contributed by atoms with E-state index in [1.807, 2.05) is 0 Å². The number of aliphatic carboxylic acids is 1. The van der Waals surface area contributed by atoms with Crippen LogP contribution in [0.3, 0.4) is 0 Å². The van der Waals surface area contributed by atoms with Crippen LogP contribution in [0.15, 0.2) is 0 Å². The van der Waals surface area contributed by atoms with Crippen LogP contribution in [0.2, 0.25) is 0 Å². The summed E-state index contributed by atoms with van der Waals surface area (Å²) in [4.78, 5) is 35.3. The number of amides is 2. The molecule has 122 valence electrons. The maximum absolute atomic E-state index is 11.8. The second kappa shape index (κ2) is 10.9. The first-order valence-corrected chi connectivity index (χ1v) is 6.81. The van der Waals surface area contributed by atoms with Crippen LogP contribution in [0.5, 0.6) is 0 Å². The Morgan fingerprint density at radius 2 is 2.00 bits per heavy atom. The van der Waals surface area contributed by atoms with Crippen molar-refractivity contribution in [1.82, 2.24) is 10.2 Å². The van der Waals surface area contributed by atoms with E-state index in [9.17, 15) is 14.4 Å². The number of carboxylic acids is 1. The molecule has 0 radical (unpaired) electrons. The van der Waals surface area contributed by atoms with Gasteiger partial charge in [-0.25, -0.2) is 9.59 Å². The van der Waals surface area contributed by atoms with Crippen LogP contribution in [0, 0.1) is 0 Å². The zero-order valence-corrected chi connectivity index (χ0v) is 12.8. The molecular formula is C13H24N2O6. The molecule has 0 aromatic heterocycles. The van der Waals surface area contributed by atoms with Crippen LogP contribution in [0.4, 0.5) is 4.79 Å². The molecule has 8 heteroatoms. The summed E-state index contributed by atoms with van der Waals surface area (Å²) < 4.78 is 9.60. The van der Waals surface area contributed by atoms with Crippen LogP contribution < -0.4 is 5.32 Å². The van der Waals surface area contributed by atoms with Crippen molar-refractivity contribution in [3.63, 3.8) is 0 Å². The molecule has 1 atom stereocenters. The molecule has 0 saturated carbocycles. The summed E-state index contributed by atoms with van der Waals surface area (Å²) in [5, 5.41) is 11.5. The molecule has 21 heavy (non-hydrogen) atoms. The monoisotopic (exact) mass is 304 g/mol. The molecule has 0 aromatic carbocycles. The average molecular weight is 304 g/mol. The van der Waals surface area contributed by atoms with Gasteiger partial charge in [-0.1, -0.05) is 0 Å². The highest BCUT2D eigenvalue weighted by molar-refractivity contribution is 5.82. The lowest BCUT2D eigenvalue weighted by molar-refractivity contribution is -0.143. The summed E-state index contributed by atoms with van der Waals surface area (Å²) in [5.41, 5.74) is 0. The Bertz CT molecular complexity index is 348. The van der Waals surface area contributed by atoms with Crippen molar-refractivity contribution >= 4 is 18.0 Å². The largest absolute Gasteiger partial charge is 0.480 e. The van der Waals surface area contributed by atoms with Crippen LogP contribution in [0.1, 0.15) is 26.2 Å². The molecule has 1 unspecified atom stereocenters. The zero-order valence-electron chi connectivity index (χ0n) is 12.8. The van der Waals surface area contributed by atoms with Gasteiger partial charge in [0.25, 0.3) is 0 Å². The van der Waals surface area contributed by atoms with Gasteiger partial charge in [0.2, 0.25) is 0 Å². The number of carbonyl (C=O) groups excluding carboxylic acids is 2. The first kappa shape index (κ1) is 19.2. The minimum absolute atomic E-state index is 0.0686. The van der Waals surface area contributed by atoms with E-state index < -0.39 is 24.0 Å². The molecule has 0 rings (SSSR count). The predicted octanol–water partition coefficient (Wildman–Crippen LogP) is 0.461. The molecule has 0 saturated heterocycles. The van der Waals surface area contributed by atoms with Gasteiger partial charge in [-0.05, 0) is 19.8 Å². The highest BCUT2D eigenvalue weighted by Crippen LogP contribution is 2.00. The van der Waals surface area contributed by atoms with Gasteiger partial charge in [-0.2, -0.15) is 0 Å². The quantitative estimate of drug-likeness (QED) is 0.449. The third-order valence-electron chi connectivity index (χ3n) is 2.74. The van der Waals surface area contributed by atoms with E-state index in [-0.39, 0.29) is 26.0 Å². The molecule has 0 aliphatic carbocycles. The van der Waals surface area contributed by atoms with E-state index in [0.717, 1.165) is 0 Å². The number of methoxy groups -OCH3 is 1. The lowest BCUT2D eigenvalue weighted by Gasteiger charge is -2.21. The van der Waals surface area contributed by atoms with E-state index in [1.54, 1.807) is 6.92 Å². The van der Waals surface area contributed by atoms with Crippen molar-refractivity contribution in [2.75, 3.05) is 33.9 Å². The van der Waals surface area contributed by atoms with Gasteiger partial charge in [-0.15, -0.1) is 0 Å². The van der Waals surface area contributed by atoms with Crippen molar-refractivity contribution in [1.29, 1.82) is 0 Å². The number of rotatable bonds is 10. The average Bonchev–Trinajstić information content (AvgIpc) is 2.43. The standard InChI is InChI=1S/C13H24N2O6/c1-4-21-11(16)7-8-15(2)13(19)14-10(12(17)18)6-5-9-20-3/h10H,4-9H2,1-3H3,(H,14,19)(H,17,18). The van der Waals surface area contributed by atoms with Gasteiger partial charge in [0.05, 0.1) is 13.0 Å². The lowest BCUT2D eigenvalue weighted by atomic mass is 10.1. The number of carboxylic acid groups (broad SMARTS) is 1. The van der Waals surface area contributed by atoms with E-state index in [4.69, 9.17) is 14.6 Å². The number of hydrogen-bond donors (Lipinski definition) is 2. The van der Waals surface area contributed by atoms with Gasteiger partial charge in [-0.3, -0.25) is 4.79 Å². The molecule has 0 aromatic rings. The molecule has 2 amide bonds. The second-order valence-corrected chi connectivity index (χ2v) is 4.45. The Kier molecular flexibility index (Phi) is 9.95. The number of carbonyl (C=O) groups is 3. The van der Waals surface area contributed by atoms with Crippen LogP contribution in [0.25, 0.3) is 0 Å². The van der Waals surface area contributed by atoms with Crippen molar-refractivity contribution < 1.29 is 29.0 Å². The molecule has 0 heterocycles. The first-order chi connectivity index (χ1) is 9.92. The van der Waals surface area contributed by atoms with Crippen LogP contribution in [-0.4, -0.2) is 67.9 Å². The number of urea groups is 1. The maximum atomic E-state index is 11.8. The number of ether oxygens (including phenoxy) is 2. The maximum Gasteiger partial charge on any atom is 0.326 e. The third-order valence-corrected chi connectivity index (χ3v) is 2.74. The van der Waals surface area contributed by atoms with Crippen molar-refractivity contribution in [2.45, 2.75) is 32.2 Å². The number of hydrogen-bond acceptors (Lipinski definition) is 5. The summed E-state index contributed by atoms with van der Waals surface area (Å²) in [6.07, 6.45) is 0.875. The molecule has 0 aliphatic heterocycles. The Morgan fingerprint density at radius 3 is 2.52 bits per heavy atom. The lowest BCUT2D eigenvalue weighted by Crippen LogP contribution is -2.47. The fourth-order valence-electron chi connectivity index (χ4n) is 1.54. The summed E-state index contributed by atoms with van der Waals surface area (Å²) in [7, 11) is 3.01. The van der Waals surface area contributed by atoms with Gasteiger partial charge in [0.15, 0.2) is 0 Å². The van der Waals surface area contributed by atoms with E-state index >= 15 is 0 Å². The normalized spacial score (nSPS) is 11.6. The Balaban J connectivity index is 4.21. The summed E-state index contributed by atoms with van der Waals surface area (Å²) >= 11 is 0. The minimum Gasteiger partial charge on any atom is -0.480 e. The fourth-order valence-corrected chi connectivity index (χ4v) is 1.54. The minimum atomic E-state index is -1.10. The van der Waals surface area contributed by atoms with Crippen LogP contribution in [-0.2, 0) is 19.1 Å². The van der Waals surface area contributed by atoms with E-state index in [2.05, 4.69) is 5.32 Å². The topological polar surface area (TPSA) is 105 Å². The number of nitrogens with one attached hydrogen (secondary N) is 1. The Labute approximate surface area is 124 Å². The Hall–Kier alpha value is -1.83. The summed E-state index contributed by atoms with van der Waals surface area (Å²) in [6, 6.07) is -1.51. The van der Waals surface area contributed by atoms with E-state index in [1.165, 1.54) is 19.1 Å². The van der Waals surface area contributed by atoms with Crippen molar-refractivity contribution in [3.05, 3.63) is 0 Å². The predicted molar refractivity (Wildman–Crippen MR) is 74.9 cm³/mol. The van der Waals surface area contributed by atoms with Gasteiger partial charge in [0, 0.05) is 27.3 Å². The highest BCUT2D eigenvalue weighted by atomic mass is 16.5. The number of esters is 1. The van der Waals surface area contributed by atoms with Crippen molar-refractivity contribution in [2.24, 2.45) is 0 Å². The molecule has 0 fully saturated rings. The van der Waals surface area contributed by atoms with Gasteiger partial charge in [0.1, 0.15) is 6.04 Å². The van der Waals surface area contributed by atoms with Crippen molar-refractivity contribution in [3.8, 4) is 0 Å². The molecule has 0 bridgehead atoms. The number of nitrogens with zero attached hydrogens (tertiary/aromatic N) is 1. The molecule has 0 aliphatic rings. The van der Waals surface area contributed by atoms with Crippen LogP contribution >= 0.6 is 0 Å². The fraction of sp³-hybridized carbons (Fsp3) is 0.769. The Morgan fingerprint density at radius 1 is 1.33 bits per heavy atom. The summed E-state index contributed by atoms with van der Waals surface area (Å²) in [5.74, 6) is -1.50. The zero-order chi connectivity index (χ0) is 16.3. The first-order valence-electron chi connectivity index (χ1n) is 6.81. The highest BCUT2D eigenvalue weighted by Gasteiger charge is 2.21. The molecule has 8 nitrogen and oxygen atoms in total. The molecule has 0 spiro atoms. The van der Waals surface area contributed by atoms with Gasteiger partial charge < -0.3 is 24.8 Å². The smallest absolute Gasteiger partial charge is 0.326 e. The second-order valence-electron chi connectivity index (χ2n) is 4.45. The third kappa shape index (κ3) is 8.85. The van der Waals surface area contributed by atoms with E-state index in [0.29, 0.717) is 13.0 Å². The van der Waals surface area contributed by atoms with Gasteiger partial charge >= 0.3 is 18.0 Å². The molecule has 2 N–H and O–H groups in total. The summed E-state index contributed by atoms with van der Waals surface area (Å²) in [6.45, 7) is 2.58. The SMILES string of the molecule is CCOC(=O)CCN(C)C(=O)NC(CCCOC)C(=O)O. The molecular weight excluding hydrogens is 280 g/mol.